The van der Waals surface area contributed by atoms with Crippen molar-refractivity contribution in [3.8, 4) is 12.3 Å². The van der Waals surface area contributed by atoms with Crippen molar-refractivity contribution in [3.63, 3.8) is 0 Å². The third-order valence-electron chi connectivity index (χ3n) is 19.1. The molecule has 10 aliphatic heterocycles. The lowest BCUT2D eigenvalue weighted by atomic mass is 9.84. The molecule has 3 aromatic heterocycles. The zero-order valence-corrected chi connectivity index (χ0v) is 74.7. The fraction of sp³-hybridized carbons (Fsp3) is 0.728. The van der Waals surface area contributed by atoms with Gasteiger partial charge in [0.25, 0.3) is 5.91 Å². The normalized spacial score (nSPS) is 22.1. The van der Waals surface area contributed by atoms with E-state index in [-0.39, 0.29) is 92.9 Å². The number of carbonyl (C=O) groups excluding carboxylic acids is 9. The topological polar surface area (TPSA) is 447 Å². The number of carbonyl (C=O) groups is 11. The Labute approximate surface area is 710 Å². The van der Waals surface area contributed by atoms with E-state index in [0.29, 0.717) is 80.0 Å². The summed E-state index contributed by atoms with van der Waals surface area (Å²) >= 11 is 17.3. The number of carboxylic acids is 2. The summed E-state index contributed by atoms with van der Waals surface area (Å²) in [4.78, 5) is 130. The molecular formula is C81H133Cl3N15O19+. The maximum atomic E-state index is 11.6. The third kappa shape index (κ3) is 37.3. The summed E-state index contributed by atoms with van der Waals surface area (Å²) in [6.45, 7) is 52.4. The summed E-state index contributed by atoms with van der Waals surface area (Å²) < 4.78 is 20.5. The SMILES string of the molecule is C.C#CC(=O)OCC.CC.CC(=O)OO.CC1(C)CC(C(=O)O)N(N=O)C1.CC1(C)CCC(=O)NC1.CC1(C)CNC(=O)C(Cl)(Cl)C1.CC1(C)CNC(=O)C(Cl)C1.CC1(C)CNC(C(=O)O)C1.CC1(C)Cc2cc(C=O)nn2C1.CCOC(=O)c1cc2n(n1)CC(C)(C)C2.CCOC(=O)c1cnn2c1CC(C)(C)C2.O=C1NN=[N+]2CCCC12. The Morgan fingerprint density at radius 1 is 0.669 bits per heavy atom. The average molecular weight is 1730 g/mol. The molecule has 0 radical (unpaired) electrons. The number of hydrogen-bond donors (Lipinski definition) is 8. The van der Waals surface area contributed by atoms with Crippen LogP contribution in [0.5, 0.6) is 0 Å². The van der Waals surface area contributed by atoms with Crippen LogP contribution in [0.4, 0.5) is 0 Å². The number of esters is 3. The number of rotatable bonds is 9. The van der Waals surface area contributed by atoms with Crippen LogP contribution in [0.25, 0.3) is 0 Å². The Kier molecular flexibility index (Phi) is 43.1. The molecule has 0 spiro atoms. The largest absolute Gasteiger partial charge is 0.480 e. The highest BCUT2D eigenvalue weighted by Crippen LogP contribution is 2.40. The van der Waals surface area contributed by atoms with Crippen LogP contribution < -0.4 is 26.7 Å². The van der Waals surface area contributed by atoms with E-state index in [2.05, 4.69) is 152 Å². The summed E-state index contributed by atoms with van der Waals surface area (Å²) in [5.41, 5.74) is 8.66. The molecule has 10 aliphatic rings. The van der Waals surface area contributed by atoms with Crippen molar-refractivity contribution < 1.29 is 92.0 Å². The van der Waals surface area contributed by atoms with Gasteiger partial charge in [-0.05, 0) is 134 Å². The molecule has 6 fully saturated rings. The van der Waals surface area contributed by atoms with Gasteiger partial charge in [0.1, 0.15) is 35.3 Å². The van der Waals surface area contributed by atoms with E-state index in [1.807, 2.05) is 79.3 Å². The highest BCUT2D eigenvalue weighted by molar-refractivity contribution is 6.58. The lowest BCUT2D eigenvalue weighted by molar-refractivity contribution is -0.588. The second-order valence-electron chi connectivity index (χ2n) is 35.8. The van der Waals surface area contributed by atoms with E-state index in [0.717, 1.165) is 127 Å². The lowest BCUT2D eigenvalue weighted by Gasteiger charge is -2.36. The number of nitrogens with one attached hydrogen (secondary N) is 5. The van der Waals surface area contributed by atoms with E-state index in [4.69, 9.17) is 59.7 Å². The number of aromatic nitrogens is 6. The van der Waals surface area contributed by atoms with Crippen LogP contribution in [0.1, 0.15) is 260 Å². The highest BCUT2D eigenvalue weighted by Gasteiger charge is 2.45. The molecule has 118 heavy (non-hydrogen) atoms. The number of ether oxygens (including phenoxy) is 3. The monoisotopic (exact) mass is 1720 g/mol. The van der Waals surface area contributed by atoms with E-state index in [9.17, 15) is 57.6 Å². The number of fused-ring (bicyclic) bond motifs is 4. The molecule has 8 N–H and O–H groups in total. The lowest BCUT2D eigenvalue weighted by Crippen LogP contribution is -2.51. The van der Waals surface area contributed by atoms with Crippen molar-refractivity contribution in [1.82, 2.24) is 61.0 Å². The minimum absolute atomic E-state index is 0. The number of halogens is 3. The molecule has 0 bridgehead atoms. The molecule has 3 aromatic rings. The van der Waals surface area contributed by atoms with Gasteiger partial charge in [-0.15, -0.1) is 28.4 Å². The van der Waals surface area contributed by atoms with Gasteiger partial charge in [-0.25, -0.2) is 33.8 Å². The number of alkyl halides is 3. The maximum absolute atomic E-state index is 11.6. The molecule has 0 aromatic carbocycles. The zero-order chi connectivity index (χ0) is 89.6. The van der Waals surface area contributed by atoms with Crippen LogP contribution in [0.3, 0.4) is 0 Å². The van der Waals surface area contributed by atoms with Crippen molar-refractivity contribution in [3.05, 3.63) is 57.3 Å². The van der Waals surface area contributed by atoms with Gasteiger partial charge in [0.15, 0.2) is 16.3 Å². The molecular weight excluding hydrogens is 1590 g/mol. The zero-order valence-electron chi connectivity index (χ0n) is 72.4. The van der Waals surface area contributed by atoms with Crippen LogP contribution in [0, 0.1) is 60.6 Å². The van der Waals surface area contributed by atoms with Crippen LogP contribution in [-0.4, -0.2) is 207 Å². The molecule has 4 unspecified atom stereocenters. The second kappa shape index (κ2) is 47.4. The predicted octanol–water partition coefficient (Wildman–Crippen LogP) is 11.2. The van der Waals surface area contributed by atoms with Crippen molar-refractivity contribution in [2.45, 2.75) is 278 Å². The highest BCUT2D eigenvalue weighted by atomic mass is 35.5. The minimum Gasteiger partial charge on any atom is -0.480 e. The second-order valence-corrected chi connectivity index (χ2v) is 37.8. The molecule has 4 atom stereocenters. The first kappa shape index (κ1) is 107. The van der Waals surface area contributed by atoms with Gasteiger partial charge in [-0.3, -0.25) is 38.0 Å². The molecule has 0 saturated carbocycles. The average Bonchev–Trinajstić information content (AvgIpc) is 1.62. The smallest absolute Gasteiger partial charge is 0.384 e. The Morgan fingerprint density at radius 3 is 1.60 bits per heavy atom. The number of aliphatic carboxylic acids is 2. The fourth-order valence-corrected chi connectivity index (χ4v) is 14.7. The summed E-state index contributed by atoms with van der Waals surface area (Å²) in [7, 11) is 0. The van der Waals surface area contributed by atoms with E-state index < -0.39 is 34.3 Å². The van der Waals surface area contributed by atoms with Crippen LogP contribution >= 0.6 is 34.8 Å². The molecule has 34 nitrogen and oxygen atoms in total. The number of terminal acetylenes is 1. The first-order valence-corrected chi connectivity index (χ1v) is 40.6. The van der Waals surface area contributed by atoms with Gasteiger partial charge >= 0.3 is 41.7 Å². The minimum atomic E-state index is -1.23. The Hall–Kier alpha value is -8.65. The number of nitrogens with zero attached hydrogens (tertiary/aromatic N) is 10. The standard InChI is InChI=1S/2C11H16N2O2.C9H12N2O.C7H11Cl2NO.C7H12ClNO.C7H12N2O3.C7H13NO2.C7H13NO.C5H7N3O.C5H6O2.C2H4O3.C2H6.CH4/c1-4-15-10(14)8-6-12-13-7-11(2,3)5-9(8)13;1-4-15-10(14)9-5-8-6-11(2,3)7-13(8)12-9;1-9(2)4-8-3-7(5-12)10-11(8)6-9;1-6(2)3-7(8,9)5(11)10-4-6;1-7(2)3-5(8)6(10)9-4-7;1-7(2)3-5(6(10)11)9(4-7)8-12;1-7(2)3-5(6(9)10)8-4-7;1-7(2)4-3-6(9)8-5-7;9-5-4-2-1-3-8(4)7-6-5;1-3-5(6)7-4-2;1-2(3)5-4;1-2;/h6H,4-5,7H2,1-3H3;5H,4,6-7H2,1-3H3;3,5H,4,6H2,1-2H3;3-4H2,1-2H3,(H,10,11);5H,3-4H2,1-2H3,(H,9,10);5H,3-4H2,1-2H3,(H,10,11);5,8H,3-4H2,1-2H3,(H,9,10);3-5H2,1-2H3,(H,8,9);4H,1-3H2;1H,4H2,2H3;4H,1H3;1-2H3;1H4/p+1. The maximum Gasteiger partial charge on any atom is 0.384 e. The first-order chi connectivity index (χ1) is 54.0. The summed E-state index contributed by atoms with van der Waals surface area (Å²) in [6, 6.07) is 2.71. The number of nitroso groups, excluding NO2 is 1. The Balaban J connectivity index is 0.000000653. The third-order valence-corrected chi connectivity index (χ3v) is 20.1. The van der Waals surface area contributed by atoms with Gasteiger partial charge in [-0.2, -0.15) is 25.3 Å². The number of carboxylic acid groups (broad SMARTS) is 2. The van der Waals surface area contributed by atoms with Gasteiger partial charge in [0.05, 0.1) is 42.2 Å². The molecule has 37 heteroatoms. The van der Waals surface area contributed by atoms with Crippen molar-refractivity contribution in [2.75, 3.05) is 59.1 Å². The Morgan fingerprint density at radius 2 is 1.19 bits per heavy atom. The summed E-state index contributed by atoms with van der Waals surface area (Å²) in [5.74, 6) is -1.80. The predicted molar refractivity (Wildman–Crippen MR) is 446 cm³/mol. The van der Waals surface area contributed by atoms with Crippen molar-refractivity contribution in [1.29, 1.82) is 0 Å². The molecule has 4 amide bonds. The van der Waals surface area contributed by atoms with Gasteiger partial charge in [0, 0.05) is 89.4 Å². The molecule has 13 rings (SSSR count). The first-order valence-electron chi connectivity index (χ1n) is 39.4. The number of amides is 4. The molecule has 666 valence electrons. The molecule has 0 aliphatic carbocycles. The number of piperidine rings is 3. The quantitative estimate of drug-likeness (QED) is 0.00942. The summed E-state index contributed by atoms with van der Waals surface area (Å²) in [6.07, 6.45) is 16.2. The van der Waals surface area contributed by atoms with Crippen LogP contribution in [0.15, 0.2) is 28.8 Å². The van der Waals surface area contributed by atoms with Crippen molar-refractivity contribution >= 4 is 101 Å². The van der Waals surface area contributed by atoms with E-state index in [1.54, 1.807) is 26.0 Å². The Bertz CT molecular complexity index is 3880. The van der Waals surface area contributed by atoms with Gasteiger partial charge < -0.3 is 50.6 Å². The molecule has 13 heterocycles. The van der Waals surface area contributed by atoms with Crippen LogP contribution in [0.2, 0.25) is 0 Å². The van der Waals surface area contributed by atoms with Gasteiger partial charge in [-0.1, -0.05) is 155 Å². The number of aldehydes is 1. The van der Waals surface area contributed by atoms with Crippen molar-refractivity contribution in [2.24, 2.45) is 53.8 Å². The molecule has 6 saturated heterocycles. The van der Waals surface area contributed by atoms with Crippen LogP contribution in [-0.2, 0) is 96.4 Å². The fourth-order valence-electron chi connectivity index (χ4n) is 13.3. The number of hydrogen-bond acceptors (Lipinski definition) is 23. The van der Waals surface area contributed by atoms with Gasteiger partial charge in [0.2, 0.25) is 17.9 Å². The summed E-state index contributed by atoms with van der Waals surface area (Å²) in [5, 5.41) is 55.7. The van der Waals surface area contributed by atoms with E-state index in [1.165, 1.54) is 5.69 Å². The van der Waals surface area contributed by atoms with E-state index >= 15 is 0 Å².